The third kappa shape index (κ3) is 3.78. The molecule has 140 valence electrons. The van der Waals surface area contributed by atoms with E-state index in [-0.39, 0.29) is 11.9 Å². The minimum atomic E-state index is -0.653. The average Bonchev–Trinajstić information content (AvgIpc) is 3.31. The van der Waals surface area contributed by atoms with Crippen LogP contribution in [0.1, 0.15) is 50.1 Å². The highest BCUT2D eigenvalue weighted by Crippen LogP contribution is 2.32. The molecule has 1 saturated carbocycles. The second kappa shape index (κ2) is 7.96. The fraction of sp³-hybridized carbons (Fsp3) is 0.600. The molecule has 1 amide bonds. The number of nitrogens with one attached hydrogen (secondary N) is 2. The first-order chi connectivity index (χ1) is 12.6. The van der Waals surface area contributed by atoms with Crippen molar-refractivity contribution in [1.82, 2.24) is 5.32 Å². The van der Waals surface area contributed by atoms with Gasteiger partial charge in [0.15, 0.2) is 6.54 Å². The number of hydrogen-bond acceptors (Lipinski definition) is 4. The molecule has 1 aromatic rings. The van der Waals surface area contributed by atoms with E-state index >= 15 is 0 Å². The summed E-state index contributed by atoms with van der Waals surface area (Å²) < 4.78 is 10.9. The molecule has 6 nitrogen and oxygen atoms in total. The molecular weight excluding hydrogens is 330 g/mol. The average molecular weight is 358 g/mol. The Hall–Kier alpha value is -2.26. The summed E-state index contributed by atoms with van der Waals surface area (Å²) >= 11 is 0. The molecule has 2 fully saturated rings. The second-order valence-corrected chi connectivity index (χ2v) is 7.34. The lowest BCUT2D eigenvalue weighted by molar-refractivity contribution is -0.910. The van der Waals surface area contributed by atoms with E-state index in [0.717, 1.165) is 62.1 Å². The number of hydrogen-bond donors (Lipinski definition) is 2. The lowest BCUT2D eigenvalue weighted by Crippen LogP contribution is -3.11. The molecule has 1 aromatic carbocycles. The van der Waals surface area contributed by atoms with Crippen molar-refractivity contribution in [2.45, 2.75) is 50.1 Å². The number of amides is 1. The van der Waals surface area contributed by atoms with Crippen LogP contribution in [0.4, 0.5) is 0 Å². The van der Waals surface area contributed by atoms with Crippen LogP contribution < -0.4 is 19.7 Å². The van der Waals surface area contributed by atoms with Crippen LogP contribution >= 0.6 is 0 Å². The molecule has 2 atom stereocenters. The van der Waals surface area contributed by atoms with Crippen LogP contribution in [0, 0.1) is 11.3 Å². The van der Waals surface area contributed by atoms with Gasteiger partial charge in [0.1, 0.15) is 23.1 Å². The zero-order valence-electron chi connectivity index (χ0n) is 15.6. The fourth-order valence-corrected chi connectivity index (χ4v) is 4.37. The minimum absolute atomic E-state index is 0.0304. The van der Waals surface area contributed by atoms with Crippen molar-refractivity contribution >= 4 is 5.91 Å². The summed E-state index contributed by atoms with van der Waals surface area (Å²) in [4.78, 5) is 13.9. The maximum atomic E-state index is 12.6. The molecule has 2 aliphatic rings. The Morgan fingerprint density at radius 1 is 1.31 bits per heavy atom. The first-order valence-corrected chi connectivity index (χ1v) is 9.39. The molecule has 3 rings (SSSR count). The number of carbonyl (C=O) groups excluding carboxylic acids is 1. The van der Waals surface area contributed by atoms with Gasteiger partial charge in [-0.1, -0.05) is 0 Å². The molecular formula is C20H28N3O3+. The van der Waals surface area contributed by atoms with Crippen LogP contribution in [0.2, 0.25) is 0 Å². The van der Waals surface area contributed by atoms with Gasteiger partial charge in [-0.25, -0.2) is 0 Å². The van der Waals surface area contributed by atoms with Crippen molar-refractivity contribution in [1.29, 1.82) is 5.26 Å². The summed E-state index contributed by atoms with van der Waals surface area (Å²) in [6.07, 6.45) is 5.62. The van der Waals surface area contributed by atoms with E-state index in [1.807, 2.05) is 18.2 Å². The van der Waals surface area contributed by atoms with Gasteiger partial charge in [-0.2, -0.15) is 5.26 Å². The Labute approximate surface area is 155 Å². The highest BCUT2D eigenvalue weighted by Gasteiger charge is 2.38. The largest absolute Gasteiger partial charge is 0.497 e. The Balaban J connectivity index is 1.72. The maximum absolute atomic E-state index is 12.6. The highest BCUT2D eigenvalue weighted by molar-refractivity contribution is 5.78. The number of carbonyl (C=O) groups is 1. The Bertz CT molecular complexity index is 692. The number of likely N-dealkylation sites (tertiary alicyclic amines) is 1. The van der Waals surface area contributed by atoms with Crippen molar-refractivity contribution in [3.05, 3.63) is 23.8 Å². The van der Waals surface area contributed by atoms with Gasteiger partial charge in [0.2, 0.25) is 0 Å². The Morgan fingerprint density at radius 3 is 2.73 bits per heavy atom. The van der Waals surface area contributed by atoms with Crippen molar-refractivity contribution in [2.24, 2.45) is 0 Å². The summed E-state index contributed by atoms with van der Waals surface area (Å²) in [5, 5.41) is 12.5. The first-order valence-electron chi connectivity index (χ1n) is 9.39. The van der Waals surface area contributed by atoms with Crippen LogP contribution in [0.3, 0.4) is 0 Å². The summed E-state index contributed by atoms with van der Waals surface area (Å²) in [5.41, 5.74) is 0.433. The highest BCUT2D eigenvalue weighted by atomic mass is 16.5. The van der Waals surface area contributed by atoms with Gasteiger partial charge in [-0.3, -0.25) is 4.79 Å². The SMILES string of the molecule is COc1ccc(OC)c([C@H]2CCC[NH+]2CC(=O)NC2(C#N)CCCC2)c1. The molecule has 6 heteroatoms. The maximum Gasteiger partial charge on any atom is 0.276 e. The van der Waals surface area contributed by atoms with E-state index in [1.54, 1.807) is 14.2 Å². The summed E-state index contributed by atoms with van der Waals surface area (Å²) in [6, 6.07) is 8.36. The number of nitrogens with zero attached hydrogens (tertiary/aromatic N) is 1. The first kappa shape index (κ1) is 18.5. The van der Waals surface area contributed by atoms with E-state index in [2.05, 4.69) is 11.4 Å². The smallest absolute Gasteiger partial charge is 0.276 e. The molecule has 1 saturated heterocycles. The van der Waals surface area contributed by atoms with Crippen LogP contribution in [0.25, 0.3) is 0 Å². The third-order valence-corrected chi connectivity index (χ3v) is 5.73. The molecule has 2 N–H and O–H groups in total. The van der Waals surface area contributed by atoms with Crippen molar-refractivity contribution in [3.63, 3.8) is 0 Å². The predicted molar refractivity (Wildman–Crippen MR) is 97.2 cm³/mol. The summed E-state index contributed by atoms with van der Waals surface area (Å²) in [7, 11) is 3.32. The normalized spacial score (nSPS) is 24.0. The van der Waals surface area contributed by atoms with E-state index < -0.39 is 5.54 Å². The van der Waals surface area contributed by atoms with Gasteiger partial charge in [-0.15, -0.1) is 0 Å². The van der Waals surface area contributed by atoms with E-state index in [0.29, 0.717) is 6.54 Å². The van der Waals surface area contributed by atoms with Crippen LogP contribution in [0.15, 0.2) is 18.2 Å². The lowest BCUT2D eigenvalue weighted by Gasteiger charge is -2.26. The summed E-state index contributed by atoms with van der Waals surface area (Å²) in [5.74, 6) is 1.60. The third-order valence-electron chi connectivity index (χ3n) is 5.73. The van der Waals surface area contributed by atoms with Crippen LogP contribution in [0.5, 0.6) is 11.5 Å². The number of ether oxygens (including phenoxy) is 2. The van der Waals surface area contributed by atoms with E-state index in [9.17, 15) is 10.1 Å². The number of rotatable bonds is 6. The number of benzene rings is 1. The zero-order valence-corrected chi connectivity index (χ0v) is 15.6. The van der Waals surface area contributed by atoms with Crippen molar-refractivity contribution in [3.8, 4) is 17.6 Å². The van der Waals surface area contributed by atoms with Gasteiger partial charge in [0.05, 0.1) is 32.4 Å². The Morgan fingerprint density at radius 2 is 2.08 bits per heavy atom. The molecule has 0 bridgehead atoms. The number of quaternary nitrogens is 1. The van der Waals surface area contributed by atoms with Crippen molar-refractivity contribution < 1.29 is 19.2 Å². The predicted octanol–water partition coefficient (Wildman–Crippen LogP) is 1.38. The standard InChI is InChI=1S/C20H27N3O3/c1-25-15-7-8-18(26-2)16(12-15)17-6-5-11-23(17)13-19(24)22-20(14-21)9-3-4-10-20/h7-8,12,17H,3-6,9-11,13H2,1-2H3,(H,22,24)/p+1/t17-/m1/s1. The van der Waals surface area contributed by atoms with Gasteiger partial charge >= 0.3 is 0 Å². The Kier molecular flexibility index (Phi) is 5.67. The van der Waals surface area contributed by atoms with Gasteiger partial charge in [0.25, 0.3) is 5.91 Å². The van der Waals surface area contributed by atoms with E-state index in [4.69, 9.17) is 9.47 Å². The zero-order chi connectivity index (χ0) is 18.6. The van der Waals surface area contributed by atoms with Gasteiger partial charge in [-0.05, 0) is 43.9 Å². The monoisotopic (exact) mass is 358 g/mol. The molecule has 1 aliphatic heterocycles. The number of nitriles is 1. The molecule has 0 aromatic heterocycles. The minimum Gasteiger partial charge on any atom is -0.497 e. The second-order valence-electron chi connectivity index (χ2n) is 7.34. The van der Waals surface area contributed by atoms with Crippen molar-refractivity contribution in [2.75, 3.05) is 27.3 Å². The molecule has 0 radical (unpaired) electrons. The van der Waals surface area contributed by atoms with Gasteiger partial charge < -0.3 is 19.7 Å². The lowest BCUT2D eigenvalue weighted by atomic mass is 10.00. The number of methoxy groups -OCH3 is 2. The van der Waals surface area contributed by atoms with Gasteiger partial charge in [0, 0.05) is 12.8 Å². The molecule has 1 heterocycles. The fourth-order valence-electron chi connectivity index (χ4n) is 4.37. The molecule has 1 unspecified atom stereocenters. The van der Waals surface area contributed by atoms with Crippen LogP contribution in [-0.2, 0) is 4.79 Å². The molecule has 0 spiro atoms. The molecule has 1 aliphatic carbocycles. The quantitative estimate of drug-likeness (QED) is 0.805. The topological polar surface area (TPSA) is 75.8 Å². The molecule has 26 heavy (non-hydrogen) atoms. The van der Waals surface area contributed by atoms with Crippen LogP contribution in [-0.4, -0.2) is 38.8 Å². The summed E-state index contributed by atoms with van der Waals surface area (Å²) in [6.45, 7) is 1.33. The van der Waals surface area contributed by atoms with E-state index in [1.165, 1.54) is 4.90 Å².